The zero-order chi connectivity index (χ0) is 20.7. The van der Waals surface area contributed by atoms with Crippen LogP contribution in [-0.4, -0.2) is 18.5 Å². The van der Waals surface area contributed by atoms with Gasteiger partial charge in [-0.2, -0.15) is 13.2 Å². The maximum absolute atomic E-state index is 12.7. The van der Waals surface area contributed by atoms with Gasteiger partial charge in [-0.3, -0.25) is 4.79 Å². The van der Waals surface area contributed by atoms with Crippen LogP contribution in [0.1, 0.15) is 36.5 Å². The molecule has 0 aliphatic carbocycles. The fourth-order valence-corrected chi connectivity index (χ4v) is 2.31. The quantitative estimate of drug-likeness (QED) is 0.555. The molecule has 28 heavy (non-hydrogen) atoms. The van der Waals surface area contributed by atoms with Crippen molar-refractivity contribution in [2.45, 2.75) is 25.9 Å². The van der Waals surface area contributed by atoms with E-state index in [1.54, 1.807) is 6.08 Å². The van der Waals surface area contributed by atoms with Crippen LogP contribution >= 0.6 is 0 Å². The molecule has 2 rings (SSSR count). The Bertz CT molecular complexity index is 856. The molecule has 7 heteroatoms. The molecule has 2 aromatic carbocycles. The highest BCUT2D eigenvalue weighted by Gasteiger charge is 2.30. The molecule has 0 aliphatic rings. The Labute approximate surface area is 161 Å². The van der Waals surface area contributed by atoms with E-state index in [0.29, 0.717) is 5.92 Å². The molecule has 2 aromatic rings. The first-order valence-electron chi connectivity index (χ1n) is 8.57. The van der Waals surface area contributed by atoms with Crippen molar-refractivity contribution < 1.29 is 27.5 Å². The standard InChI is InChI=1S/C21H20F3NO3/c1-14(2)16-9-6-15(7-10-16)8-11-20(27)28-13-19(26)25-18-5-3-4-17(12-18)21(22,23)24/h3-12,14H,13H2,1-2H3,(H,25,26)/b11-8+. The van der Waals surface area contributed by atoms with Gasteiger partial charge in [-0.05, 0) is 41.3 Å². The lowest BCUT2D eigenvalue weighted by Gasteiger charge is -2.09. The average Bonchev–Trinajstić information content (AvgIpc) is 2.64. The summed E-state index contributed by atoms with van der Waals surface area (Å²) in [7, 11) is 0. The SMILES string of the molecule is CC(C)c1ccc(/C=C/C(=O)OCC(=O)Nc2cccc(C(F)(F)F)c2)cc1. The van der Waals surface area contributed by atoms with Gasteiger partial charge in [-0.1, -0.05) is 44.2 Å². The van der Waals surface area contributed by atoms with E-state index in [4.69, 9.17) is 4.74 Å². The fourth-order valence-electron chi connectivity index (χ4n) is 2.31. The molecule has 0 bridgehead atoms. The number of hydrogen-bond acceptors (Lipinski definition) is 3. The van der Waals surface area contributed by atoms with Gasteiger partial charge in [0, 0.05) is 11.8 Å². The van der Waals surface area contributed by atoms with E-state index in [1.165, 1.54) is 23.8 Å². The molecular weight excluding hydrogens is 371 g/mol. The number of nitrogens with one attached hydrogen (secondary N) is 1. The molecule has 1 amide bonds. The average molecular weight is 391 g/mol. The number of esters is 1. The van der Waals surface area contributed by atoms with Gasteiger partial charge in [0.15, 0.2) is 6.61 Å². The summed E-state index contributed by atoms with van der Waals surface area (Å²) < 4.78 is 42.8. The highest BCUT2D eigenvalue weighted by Crippen LogP contribution is 2.30. The van der Waals surface area contributed by atoms with Gasteiger partial charge in [0.2, 0.25) is 0 Å². The monoisotopic (exact) mass is 391 g/mol. The Morgan fingerprint density at radius 2 is 1.79 bits per heavy atom. The van der Waals surface area contributed by atoms with Crippen LogP contribution < -0.4 is 5.32 Å². The van der Waals surface area contributed by atoms with Gasteiger partial charge >= 0.3 is 12.1 Å². The molecule has 0 saturated carbocycles. The van der Waals surface area contributed by atoms with Crippen LogP contribution in [-0.2, 0) is 20.5 Å². The molecule has 0 heterocycles. The molecule has 1 N–H and O–H groups in total. The third-order valence-electron chi connectivity index (χ3n) is 3.83. The summed E-state index contributed by atoms with van der Waals surface area (Å²) >= 11 is 0. The minimum atomic E-state index is -4.51. The Hall–Kier alpha value is -3.09. The fraction of sp³-hybridized carbons (Fsp3) is 0.238. The summed E-state index contributed by atoms with van der Waals surface area (Å²) in [6, 6.07) is 11.8. The second kappa shape index (κ2) is 9.21. The summed E-state index contributed by atoms with van der Waals surface area (Å²) in [4.78, 5) is 23.5. The number of amides is 1. The Morgan fingerprint density at radius 3 is 2.39 bits per heavy atom. The summed E-state index contributed by atoms with van der Waals surface area (Å²) in [5.41, 5.74) is 1.06. The van der Waals surface area contributed by atoms with Gasteiger partial charge in [-0.25, -0.2) is 4.79 Å². The first-order valence-corrected chi connectivity index (χ1v) is 8.57. The van der Waals surface area contributed by atoms with Crippen LogP contribution in [0.15, 0.2) is 54.6 Å². The number of hydrogen-bond donors (Lipinski definition) is 1. The van der Waals surface area contributed by atoms with Crippen molar-refractivity contribution in [3.8, 4) is 0 Å². The summed E-state index contributed by atoms with van der Waals surface area (Å²) in [5, 5.41) is 2.26. The third-order valence-corrected chi connectivity index (χ3v) is 3.83. The maximum atomic E-state index is 12.7. The van der Waals surface area contributed by atoms with Crippen molar-refractivity contribution in [2.75, 3.05) is 11.9 Å². The number of alkyl halides is 3. The Balaban J connectivity index is 1.84. The molecule has 0 unspecified atom stereocenters. The van der Waals surface area contributed by atoms with E-state index < -0.39 is 30.2 Å². The molecule has 0 aromatic heterocycles. The van der Waals surface area contributed by atoms with Crippen molar-refractivity contribution >= 4 is 23.6 Å². The molecule has 148 valence electrons. The summed E-state index contributed by atoms with van der Waals surface area (Å²) in [5.74, 6) is -1.06. The number of benzene rings is 2. The van der Waals surface area contributed by atoms with Crippen LogP contribution in [0.2, 0.25) is 0 Å². The van der Waals surface area contributed by atoms with E-state index in [-0.39, 0.29) is 5.69 Å². The van der Waals surface area contributed by atoms with E-state index in [0.717, 1.165) is 17.7 Å². The van der Waals surface area contributed by atoms with E-state index in [1.807, 2.05) is 24.3 Å². The van der Waals surface area contributed by atoms with Crippen LogP contribution in [0.4, 0.5) is 18.9 Å². The van der Waals surface area contributed by atoms with Crippen molar-refractivity contribution in [3.63, 3.8) is 0 Å². The van der Waals surface area contributed by atoms with Gasteiger partial charge in [0.1, 0.15) is 0 Å². The van der Waals surface area contributed by atoms with Crippen molar-refractivity contribution in [1.82, 2.24) is 0 Å². The smallest absolute Gasteiger partial charge is 0.416 e. The zero-order valence-electron chi connectivity index (χ0n) is 15.4. The van der Waals surface area contributed by atoms with Crippen molar-refractivity contribution in [2.24, 2.45) is 0 Å². The predicted octanol–water partition coefficient (Wildman–Crippen LogP) is 5.02. The number of carbonyl (C=O) groups is 2. The van der Waals surface area contributed by atoms with Crippen molar-refractivity contribution in [3.05, 3.63) is 71.3 Å². The van der Waals surface area contributed by atoms with Gasteiger partial charge < -0.3 is 10.1 Å². The lowest BCUT2D eigenvalue weighted by atomic mass is 10.0. The number of carbonyl (C=O) groups excluding carboxylic acids is 2. The predicted molar refractivity (Wildman–Crippen MR) is 101 cm³/mol. The van der Waals surface area contributed by atoms with Gasteiger partial charge in [0.25, 0.3) is 5.91 Å². The number of halogens is 3. The minimum absolute atomic E-state index is 0.0309. The van der Waals surface area contributed by atoms with Crippen LogP contribution in [0.25, 0.3) is 6.08 Å². The largest absolute Gasteiger partial charge is 0.452 e. The first-order chi connectivity index (χ1) is 13.1. The minimum Gasteiger partial charge on any atom is -0.452 e. The Morgan fingerprint density at radius 1 is 1.11 bits per heavy atom. The molecule has 0 spiro atoms. The molecule has 0 fully saturated rings. The lowest BCUT2D eigenvalue weighted by molar-refractivity contribution is -0.142. The number of ether oxygens (including phenoxy) is 1. The van der Waals surface area contributed by atoms with Crippen LogP contribution in [0.3, 0.4) is 0 Å². The first kappa shape index (κ1) is 21.2. The zero-order valence-corrected chi connectivity index (χ0v) is 15.4. The topological polar surface area (TPSA) is 55.4 Å². The molecule has 0 atom stereocenters. The lowest BCUT2D eigenvalue weighted by Crippen LogP contribution is -2.20. The van der Waals surface area contributed by atoms with E-state index in [2.05, 4.69) is 19.2 Å². The van der Waals surface area contributed by atoms with E-state index in [9.17, 15) is 22.8 Å². The summed E-state index contributed by atoms with van der Waals surface area (Å²) in [6.45, 7) is 3.55. The summed E-state index contributed by atoms with van der Waals surface area (Å²) in [6.07, 6.45) is -1.77. The molecule has 0 aliphatic heterocycles. The molecule has 4 nitrogen and oxygen atoms in total. The Kier molecular flexibility index (Phi) is 6.98. The molecule has 0 radical (unpaired) electrons. The molecule has 0 saturated heterocycles. The normalized spacial score (nSPS) is 11.6. The number of rotatable bonds is 6. The second-order valence-electron chi connectivity index (χ2n) is 6.39. The molecular formula is C21H20F3NO3. The highest BCUT2D eigenvalue weighted by atomic mass is 19.4. The van der Waals surface area contributed by atoms with Crippen molar-refractivity contribution in [1.29, 1.82) is 0 Å². The van der Waals surface area contributed by atoms with Crippen LogP contribution in [0.5, 0.6) is 0 Å². The second-order valence-corrected chi connectivity index (χ2v) is 6.39. The van der Waals surface area contributed by atoms with Gasteiger partial charge in [-0.15, -0.1) is 0 Å². The van der Waals surface area contributed by atoms with Crippen LogP contribution in [0, 0.1) is 0 Å². The third kappa shape index (κ3) is 6.57. The highest BCUT2D eigenvalue weighted by molar-refractivity contribution is 5.94. The number of anilines is 1. The maximum Gasteiger partial charge on any atom is 0.416 e. The van der Waals surface area contributed by atoms with E-state index >= 15 is 0 Å². The van der Waals surface area contributed by atoms with Gasteiger partial charge in [0.05, 0.1) is 5.56 Å².